The molecule has 2 rings (SSSR count). The molecule has 1 saturated heterocycles. The molecule has 0 aromatic heterocycles. The molecule has 2 N–H and O–H groups in total. The van der Waals surface area contributed by atoms with Gasteiger partial charge in [0, 0.05) is 13.7 Å². The predicted molar refractivity (Wildman–Crippen MR) is 73.4 cm³/mol. The molecule has 1 heterocycles. The zero-order valence-corrected chi connectivity index (χ0v) is 11.3. The van der Waals surface area contributed by atoms with Gasteiger partial charge in [0.15, 0.2) is 0 Å². The first-order valence-corrected chi connectivity index (χ1v) is 6.49. The molecule has 1 atom stereocenters. The van der Waals surface area contributed by atoms with Crippen molar-refractivity contribution in [2.75, 3.05) is 32.1 Å². The lowest BCUT2D eigenvalue weighted by atomic mass is 9.98. The van der Waals surface area contributed by atoms with Crippen LogP contribution in [0.1, 0.15) is 12.8 Å². The molecule has 20 heavy (non-hydrogen) atoms. The molecule has 1 aliphatic heterocycles. The zero-order valence-electron chi connectivity index (χ0n) is 11.3. The van der Waals surface area contributed by atoms with Gasteiger partial charge in [0.05, 0.1) is 17.1 Å². The van der Waals surface area contributed by atoms with E-state index in [1.165, 1.54) is 12.1 Å². The van der Waals surface area contributed by atoms with E-state index in [0.29, 0.717) is 13.2 Å². The van der Waals surface area contributed by atoms with Gasteiger partial charge in [0.1, 0.15) is 5.69 Å². The number of nitro groups is 1. The second-order valence-electron chi connectivity index (χ2n) is 4.99. The number of hydrogen-bond acceptors (Lipinski definition) is 5. The summed E-state index contributed by atoms with van der Waals surface area (Å²) >= 11 is 0. The van der Waals surface area contributed by atoms with E-state index >= 15 is 0 Å². The van der Waals surface area contributed by atoms with E-state index in [9.17, 15) is 14.5 Å². The van der Waals surface area contributed by atoms with Crippen molar-refractivity contribution in [3.8, 4) is 0 Å². The van der Waals surface area contributed by atoms with Crippen molar-refractivity contribution in [3.05, 3.63) is 34.1 Å². The van der Waals surface area contributed by atoms with E-state index in [1.807, 2.05) is 0 Å². The predicted octanol–water partition coefficient (Wildman–Crippen LogP) is 1.91. The summed E-state index contributed by atoms with van der Waals surface area (Å²) in [5.74, 6) is -0.833. The molecule has 7 heteroatoms. The molecule has 110 valence electrons. The lowest BCUT2D eigenvalue weighted by Gasteiger charge is -2.29. The van der Waals surface area contributed by atoms with Gasteiger partial charge < -0.3 is 15.4 Å². The number of hydrogen-bond donors (Lipinski definition) is 2. The fourth-order valence-corrected chi connectivity index (χ4v) is 2.58. The number of nitrogens with one attached hydrogen (secondary N) is 2. The Morgan fingerprint density at radius 2 is 2.40 bits per heavy atom. The summed E-state index contributed by atoms with van der Waals surface area (Å²) in [4.78, 5) is 10.2. The topological polar surface area (TPSA) is 76.4 Å². The highest BCUT2D eigenvalue weighted by Gasteiger charge is 2.34. The molecule has 1 aliphatic rings. The molecule has 6 nitrogen and oxygen atoms in total. The smallest absolute Gasteiger partial charge is 0.327 e. The largest absolute Gasteiger partial charge is 0.383 e. The highest BCUT2D eigenvalue weighted by Crippen LogP contribution is 2.28. The van der Waals surface area contributed by atoms with E-state index in [2.05, 4.69) is 10.6 Å². The van der Waals surface area contributed by atoms with Crippen LogP contribution in [0, 0.1) is 15.9 Å². The van der Waals surface area contributed by atoms with Gasteiger partial charge in [-0.05, 0) is 31.5 Å². The van der Waals surface area contributed by atoms with Crippen molar-refractivity contribution < 1.29 is 14.1 Å². The first kappa shape index (κ1) is 14.7. The fraction of sp³-hybridized carbons (Fsp3) is 0.538. The highest BCUT2D eigenvalue weighted by molar-refractivity contribution is 5.62. The van der Waals surface area contributed by atoms with Gasteiger partial charge >= 0.3 is 5.69 Å². The van der Waals surface area contributed by atoms with Gasteiger partial charge in [-0.15, -0.1) is 0 Å². The summed E-state index contributed by atoms with van der Waals surface area (Å²) in [5, 5.41) is 17.3. The van der Waals surface area contributed by atoms with Crippen LogP contribution in [0.3, 0.4) is 0 Å². The Kier molecular flexibility index (Phi) is 4.51. The molecule has 0 saturated carbocycles. The fourth-order valence-electron chi connectivity index (χ4n) is 2.58. The molecule has 0 spiro atoms. The minimum absolute atomic E-state index is 0.194. The summed E-state index contributed by atoms with van der Waals surface area (Å²) in [7, 11) is 1.62. The Bertz CT molecular complexity index is 490. The first-order valence-electron chi connectivity index (χ1n) is 6.49. The first-order chi connectivity index (χ1) is 9.58. The maximum atomic E-state index is 13.5. The van der Waals surface area contributed by atoms with Crippen LogP contribution >= 0.6 is 0 Å². The Morgan fingerprint density at radius 3 is 3.00 bits per heavy atom. The third-order valence-electron chi connectivity index (χ3n) is 3.54. The summed E-state index contributed by atoms with van der Waals surface area (Å²) in [6.07, 6.45) is 1.94. The van der Waals surface area contributed by atoms with Crippen LogP contribution in [0.4, 0.5) is 15.8 Å². The standard InChI is InChI=1S/C13H18FN3O3/c1-20-9-13(6-3-7-16-13)8-15-11-5-2-4-10(14)12(11)17(18)19/h2,4-5,15-16H,3,6-9H2,1H3. The molecule has 0 radical (unpaired) electrons. The van der Waals surface area contributed by atoms with Crippen LogP contribution < -0.4 is 10.6 Å². The molecule has 1 fully saturated rings. The van der Waals surface area contributed by atoms with Crippen LogP contribution in [0.5, 0.6) is 0 Å². The molecule has 0 aliphatic carbocycles. The Labute approximate surface area is 116 Å². The molecule has 0 bridgehead atoms. The Morgan fingerprint density at radius 1 is 1.60 bits per heavy atom. The average molecular weight is 283 g/mol. The Balaban J connectivity index is 2.14. The normalized spacial score (nSPS) is 21.9. The molecule has 1 aromatic rings. The molecule has 1 unspecified atom stereocenters. The van der Waals surface area contributed by atoms with Gasteiger partial charge in [-0.1, -0.05) is 6.07 Å². The van der Waals surface area contributed by atoms with Crippen molar-refractivity contribution in [2.24, 2.45) is 0 Å². The monoisotopic (exact) mass is 283 g/mol. The third kappa shape index (κ3) is 3.05. The van der Waals surface area contributed by atoms with Crippen molar-refractivity contribution in [3.63, 3.8) is 0 Å². The lowest BCUT2D eigenvalue weighted by Crippen LogP contribution is -2.49. The van der Waals surface area contributed by atoms with Crippen LogP contribution in [-0.4, -0.2) is 37.3 Å². The van der Waals surface area contributed by atoms with Crippen LogP contribution in [0.25, 0.3) is 0 Å². The quantitative estimate of drug-likeness (QED) is 0.616. The van der Waals surface area contributed by atoms with Crippen molar-refractivity contribution >= 4 is 11.4 Å². The second kappa shape index (κ2) is 6.15. The SMILES string of the molecule is COCC1(CNc2cccc(F)c2[N+](=O)[O-])CCCN1. The van der Waals surface area contributed by atoms with Gasteiger partial charge in [-0.25, -0.2) is 0 Å². The maximum absolute atomic E-state index is 13.5. The summed E-state index contributed by atoms with van der Waals surface area (Å²) in [6, 6.07) is 4.05. The number of nitro benzene ring substituents is 1. The summed E-state index contributed by atoms with van der Waals surface area (Å²) in [6.45, 7) is 1.84. The van der Waals surface area contributed by atoms with Crippen LogP contribution in [0.2, 0.25) is 0 Å². The summed E-state index contributed by atoms with van der Waals surface area (Å²) < 4.78 is 18.7. The highest BCUT2D eigenvalue weighted by atomic mass is 19.1. The number of methoxy groups -OCH3 is 1. The third-order valence-corrected chi connectivity index (χ3v) is 3.54. The molecule has 1 aromatic carbocycles. The molecular formula is C13H18FN3O3. The van der Waals surface area contributed by atoms with Gasteiger partial charge in [0.2, 0.25) is 5.82 Å². The van der Waals surface area contributed by atoms with Gasteiger partial charge in [-0.2, -0.15) is 4.39 Å². The molecule has 0 amide bonds. The number of benzene rings is 1. The maximum Gasteiger partial charge on any atom is 0.327 e. The van der Waals surface area contributed by atoms with Gasteiger partial charge in [0.25, 0.3) is 0 Å². The average Bonchev–Trinajstić information content (AvgIpc) is 2.85. The number of nitrogens with zero attached hydrogens (tertiary/aromatic N) is 1. The van der Waals surface area contributed by atoms with Crippen LogP contribution in [-0.2, 0) is 4.74 Å². The number of ether oxygens (including phenoxy) is 1. The van der Waals surface area contributed by atoms with E-state index in [4.69, 9.17) is 4.74 Å². The second-order valence-corrected chi connectivity index (χ2v) is 4.99. The van der Waals surface area contributed by atoms with Crippen LogP contribution in [0.15, 0.2) is 18.2 Å². The number of para-hydroxylation sites is 1. The van der Waals surface area contributed by atoms with Gasteiger partial charge in [-0.3, -0.25) is 10.1 Å². The van der Waals surface area contributed by atoms with Crippen molar-refractivity contribution in [2.45, 2.75) is 18.4 Å². The van der Waals surface area contributed by atoms with Crippen molar-refractivity contribution in [1.29, 1.82) is 0 Å². The summed E-state index contributed by atoms with van der Waals surface area (Å²) in [5.41, 5.74) is -0.577. The number of rotatable bonds is 6. The molecular weight excluding hydrogens is 265 g/mol. The van der Waals surface area contributed by atoms with E-state index in [1.54, 1.807) is 7.11 Å². The Hall–Kier alpha value is -1.73. The minimum Gasteiger partial charge on any atom is -0.383 e. The van der Waals surface area contributed by atoms with Crippen molar-refractivity contribution in [1.82, 2.24) is 5.32 Å². The van der Waals surface area contributed by atoms with E-state index in [-0.39, 0.29) is 11.2 Å². The minimum atomic E-state index is -0.833. The van der Waals surface area contributed by atoms with E-state index in [0.717, 1.165) is 25.5 Å². The zero-order chi connectivity index (χ0) is 14.6. The lowest BCUT2D eigenvalue weighted by molar-refractivity contribution is -0.386. The van der Waals surface area contributed by atoms with E-state index < -0.39 is 16.4 Å². The number of anilines is 1. The number of halogens is 1.